The van der Waals surface area contributed by atoms with Crippen molar-refractivity contribution in [2.75, 3.05) is 0 Å². The Morgan fingerprint density at radius 1 is 1.29 bits per heavy atom. The Hall–Kier alpha value is -1.46. The highest BCUT2D eigenvalue weighted by Gasteiger charge is 2.19. The Morgan fingerprint density at radius 3 is 2.76 bits per heavy atom. The summed E-state index contributed by atoms with van der Waals surface area (Å²) in [5, 5.41) is 2.98. The molecule has 0 spiro atoms. The molecule has 0 N–H and O–H groups in total. The van der Waals surface area contributed by atoms with Gasteiger partial charge in [0.05, 0.1) is 10.4 Å². The van der Waals surface area contributed by atoms with Gasteiger partial charge in [-0.1, -0.05) is 6.92 Å². The third-order valence-electron chi connectivity index (χ3n) is 3.45. The first kappa shape index (κ1) is 14.5. The van der Waals surface area contributed by atoms with Crippen molar-refractivity contribution >= 4 is 34.1 Å². The first-order valence-corrected chi connectivity index (χ1v) is 8.25. The van der Waals surface area contributed by atoms with Gasteiger partial charge in [0.25, 0.3) is 0 Å². The van der Waals surface area contributed by atoms with Gasteiger partial charge in [0.15, 0.2) is 5.65 Å². The first-order valence-electron chi connectivity index (χ1n) is 6.93. The number of hydrogen-bond acceptors (Lipinski definition) is 4. The fourth-order valence-electron chi connectivity index (χ4n) is 2.43. The summed E-state index contributed by atoms with van der Waals surface area (Å²) in [6.07, 6.45) is 1.84. The maximum atomic E-state index is 6.30. The van der Waals surface area contributed by atoms with Crippen LogP contribution in [-0.2, 0) is 6.54 Å². The summed E-state index contributed by atoms with van der Waals surface area (Å²) in [7, 11) is 0. The van der Waals surface area contributed by atoms with E-state index in [1.165, 1.54) is 0 Å². The van der Waals surface area contributed by atoms with Gasteiger partial charge in [-0.15, -0.1) is 22.9 Å². The lowest BCUT2D eigenvalue weighted by molar-refractivity contribution is 0.579. The van der Waals surface area contributed by atoms with Crippen molar-refractivity contribution in [2.24, 2.45) is 0 Å². The summed E-state index contributed by atoms with van der Waals surface area (Å²) in [5.41, 5.74) is 2.79. The van der Waals surface area contributed by atoms with Gasteiger partial charge >= 0.3 is 0 Å². The van der Waals surface area contributed by atoms with Gasteiger partial charge in [-0.05, 0) is 26.0 Å². The quantitative estimate of drug-likeness (QED) is 0.673. The van der Waals surface area contributed by atoms with Crippen LogP contribution >= 0.6 is 22.9 Å². The van der Waals surface area contributed by atoms with E-state index in [0.29, 0.717) is 5.92 Å². The third-order valence-corrected chi connectivity index (χ3v) is 4.65. The molecule has 0 aliphatic rings. The minimum atomic E-state index is -0.150. The molecule has 0 radical (unpaired) electrons. The van der Waals surface area contributed by atoms with Crippen LogP contribution in [0.25, 0.3) is 11.2 Å². The Kier molecular flexibility index (Phi) is 3.95. The number of nitrogens with zero attached hydrogens (tertiary/aromatic N) is 4. The normalized spacial score (nSPS) is 14.5. The molecule has 0 aromatic carbocycles. The van der Waals surface area contributed by atoms with Crippen molar-refractivity contribution in [3.05, 3.63) is 40.2 Å². The van der Waals surface area contributed by atoms with Crippen LogP contribution in [0.3, 0.4) is 0 Å². The molecule has 0 bridgehead atoms. The molecule has 3 rings (SSSR count). The number of aryl methyl sites for hydroxylation is 1. The monoisotopic (exact) mass is 320 g/mol. The maximum Gasteiger partial charge on any atom is 0.160 e. The van der Waals surface area contributed by atoms with Crippen molar-refractivity contribution in [1.82, 2.24) is 19.5 Å². The molecule has 0 amide bonds. The van der Waals surface area contributed by atoms with Crippen LogP contribution in [0.15, 0.2) is 23.7 Å². The summed E-state index contributed by atoms with van der Waals surface area (Å²) >= 11 is 7.98. The van der Waals surface area contributed by atoms with Crippen molar-refractivity contribution in [2.45, 2.75) is 38.6 Å². The molecule has 110 valence electrons. The predicted molar refractivity (Wildman–Crippen MR) is 87.1 cm³/mol. The Labute approximate surface area is 132 Å². The summed E-state index contributed by atoms with van der Waals surface area (Å²) in [5.74, 6) is 1.17. The van der Waals surface area contributed by atoms with Crippen molar-refractivity contribution in [3.8, 4) is 0 Å². The molecule has 3 heterocycles. The average molecular weight is 321 g/mol. The number of pyridine rings is 1. The molecule has 0 fully saturated rings. The fraction of sp³-hybridized carbons (Fsp3) is 0.400. The zero-order valence-electron chi connectivity index (χ0n) is 12.2. The van der Waals surface area contributed by atoms with Gasteiger partial charge < -0.3 is 4.57 Å². The molecule has 4 nitrogen and oxygen atoms in total. The second-order valence-electron chi connectivity index (χ2n) is 5.26. The molecule has 21 heavy (non-hydrogen) atoms. The molecule has 3 aromatic rings. The lowest BCUT2D eigenvalue weighted by atomic mass is 10.2. The molecular formula is C15H17ClN4S. The summed E-state index contributed by atoms with van der Waals surface area (Å²) in [6.45, 7) is 6.89. The van der Waals surface area contributed by atoms with E-state index in [1.54, 1.807) is 11.3 Å². The lowest BCUT2D eigenvalue weighted by Gasteiger charge is -2.14. The highest BCUT2D eigenvalue weighted by molar-refractivity contribution is 7.09. The van der Waals surface area contributed by atoms with E-state index in [9.17, 15) is 0 Å². The van der Waals surface area contributed by atoms with Crippen molar-refractivity contribution in [3.63, 3.8) is 0 Å². The Bertz CT molecular complexity index is 748. The van der Waals surface area contributed by atoms with Gasteiger partial charge in [0.1, 0.15) is 11.3 Å². The van der Waals surface area contributed by atoms with E-state index >= 15 is 0 Å². The standard InChI is InChI=1S/C15H17ClN4S/c1-9(15-17-6-7-21-15)8-20-13(11(3)16)19-12-5-4-10(2)18-14(12)20/h4-7,9,11H,8H2,1-3H3. The summed E-state index contributed by atoms with van der Waals surface area (Å²) in [4.78, 5) is 13.7. The van der Waals surface area contributed by atoms with Crippen LogP contribution in [0.2, 0.25) is 0 Å². The highest BCUT2D eigenvalue weighted by atomic mass is 35.5. The van der Waals surface area contributed by atoms with Crippen LogP contribution in [0.4, 0.5) is 0 Å². The number of rotatable bonds is 4. The van der Waals surface area contributed by atoms with E-state index in [0.717, 1.165) is 34.2 Å². The number of aromatic nitrogens is 4. The molecule has 0 aliphatic carbocycles. The fourth-order valence-corrected chi connectivity index (χ4v) is 3.28. The third kappa shape index (κ3) is 2.80. The van der Waals surface area contributed by atoms with Crippen LogP contribution in [0.1, 0.15) is 41.7 Å². The summed E-state index contributed by atoms with van der Waals surface area (Å²) < 4.78 is 2.13. The smallest absolute Gasteiger partial charge is 0.160 e. The molecular weight excluding hydrogens is 304 g/mol. The van der Waals surface area contributed by atoms with E-state index < -0.39 is 0 Å². The molecule has 3 aromatic heterocycles. The molecule has 6 heteroatoms. The largest absolute Gasteiger partial charge is 0.311 e. The molecule has 0 saturated carbocycles. The number of imidazole rings is 1. The zero-order valence-corrected chi connectivity index (χ0v) is 13.8. The topological polar surface area (TPSA) is 43.6 Å². The van der Waals surface area contributed by atoms with Crippen LogP contribution in [-0.4, -0.2) is 19.5 Å². The Morgan fingerprint density at radius 2 is 2.10 bits per heavy atom. The van der Waals surface area contributed by atoms with E-state index in [1.807, 2.05) is 37.6 Å². The minimum absolute atomic E-state index is 0.150. The minimum Gasteiger partial charge on any atom is -0.311 e. The van der Waals surface area contributed by atoms with Gasteiger partial charge in [-0.3, -0.25) is 0 Å². The molecule has 2 unspecified atom stereocenters. The number of hydrogen-bond donors (Lipinski definition) is 0. The van der Waals surface area contributed by atoms with Gasteiger partial charge in [-0.25, -0.2) is 15.0 Å². The highest BCUT2D eigenvalue weighted by Crippen LogP contribution is 2.27. The second kappa shape index (κ2) is 5.73. The first-order chi connectivity index (χ1) is 10.1. The molecule has 0 aliphatic heterocycles. The SMILES string of the molecule is Cc1ccc2nc(C(C)Cl)n(CC(C)c3nccs3)c2n1. The van der Waals surface area contributed by atoms with E-state index in [2.05, 4.69) is 26.4 Å². The average Bonchev–Trinajstić information content (AvgIpc) is 3.07. The lowest BCUT2D eigenvalue weighted by Crippen LogP contribution is -2.11. The van der Waals surface area contributed by atoms with Crippen molar-refractivity contribution < 1.29 is 0 Å². The molecule has 2 atom stereocenters. The van der Waals surface area contributed by atoms with Crippen LogP contribution in [0.5, 0.6) is 0 Å². The van der Waals surface area contributed by atoms with Gasteiger partial charge in [0.2, 0.25) is 0 Å². The van der Waals surface area contributed by atoms with Gasteiger partial charge in [-0.2, -0.15) is 0 Å². The van der Waals surface area contributed by atoms with Crippen LogP contribution < -0.4 is 0 Å². The predicted octanol–water partition coefficient (Wildman–Crippen LogP) is 4.30. The summed E-state index contributed by atoms with van der Waals surface area (Å²) in [6, 6.07) is 3.98. The number of thiazole rings is 1. The number of fused-ring (bicyclic) bond motifs is 1. The second-order valence-corrected chi connectivity index (χ2v) is 6.84. The maximum absolute atomic E-state index is 6.30. The van der Waals surface area contributed by atoms with Crippen LogP contribution in [0, 0.1) is 6.92 Å². The van der Waals surface area contributed by atoms with Gasteiger partial charge in [0, 0.05) is 29.7 Å². The number of alkyl halides is 1. The zero-order chi connectivity index (χ0) is 15.0. The van der Waals surface area contributed by atoms with E-state index in [4.69, 9.17) is 11.6 Å². The molecule has 0 saturated heterocycles. The Balaban J connectivity index is 2.06. The van der Waals surface area contributed by atoms with E-state index in [-0.39, 0.29) is 5.38 Å². The number of halogens is 1. The van der Waals surface area contributed by atoms with Crippen molar-refractivity contribution in [1.29, 1.82) is 0 Å².